The number of methoxy groups -OCH3 is 1. The molecule has 2 atom stereocenters. The van der Waals surface area contributed by atoms with E-state index in [0.717, 1.165) is 28.3 Å². The van der Waals surface area contributed by atoms with E-state index in [0.29, 0.717) is 24.6 Å². The number of hydrogen-bond donors (Lipinski definition) is 1. The fraction of sp³-hybridized carbons (Fsp3) is 0.286. The third kappa shape index (κ3) is 2.54. The number of anilines is 1. The zero-order chi connectivity index (χ0) is 19.3. The molecule has 28 heavy (non-hydrogen) atoms. The number of carbonyl (C=O) groups excluding carboxylic acids is 1. The van der Waals surface area contributed by atoms with Crippen molar-refractivity contribution in [3.8, 4) is 5.75 Å². The maximum Gasteiger partial charge on any atom is 0.226 e. The highest BCUT2D eigenvalue weighted by Gasteiger charge is 2.41. The van der Waals surface area contributed by atoms with E-state index >= 15 is 0 Å². The van der Waals surface area contributed by atoms with Gasteiger partial charge in [0.15, 0.2) is 5.78 Å². The SMILES string of the molecule is COc1ccccc1C1C2=C(CC(c3ccco3)CC2=O)Nc2nc(C)nn21. The van der Waals surface area contributed by atoms with Crippen LogP contribution in [0.25, 0.3) is 0 Å². The van der Waals surface area contributed by atoms with Crippen molar-refractivity contribution in [2.75, 3.05) is 12.4 Å². The Kier molecular flexibility index (Phi) is 3.82. The molecule has 1 aromatic carbocycles. The molecule has 7 heteroatoms. The lowest BCUT2D eigenvalue weighted by Gasteiger charge is -2.34. The second kappa shape index (κ2) is 6.37. The monoisotopic (exact) mass is 376 g/mol. The van der Waals surface area contributed by atoms with Gasteiger partial charge in [-0.15, -0.1) is 0 Å². The average molecular weight is 376 g/mol. The van der Waals surface area contributed by atoms with Gasteiger partial charge in [-0.1, -0.05) is 18.2 Å². The molecule has 5 rings (SSSR count). The number of para-hydroxylation sites is 1. The Morgan fingerprint density at radius 2 is 2.07 bits per heavy atom. The minimum atomic E-state index is -0.367. The highest BCUT2D eigenvalue weighted by molar-refractivity contribution is 6.00. The summed E-state index contributed by atoms with van der Waals surface area (Å²) in [6.45, 7) is 1.85. The first-order chi connectivity index (χ1) is 13.7. The number of rotatable bonds is 3. The number of aryl methyl sites for hydroxylation is 1. The van der Waals surface area contributed by atoms with Crippen molar-refractivity contribution < 1.29 is 13.9 Å². The van der Waals surface area contributed by atoms with Gasteiger partial charge in [0.1, 0.15) is 23.4 Å². The summed E-state index contributed by atoms with van der Waals surface area (Å²) in [5.41, 5.74) is 2.51. The maximum atomic E-state index is 13.3. The molecule has 142 valence electrons. The number of furan rings is 1. The summed E-state index contributed by atoms with van der Waals surface area (Å²) < 4.78 is 12.9. The van der Waals surface area contributed by atoms with Gasteiger partial charge in [0.25, 0.3) is 0 Å². The number of Topliss-reactive ketones (excluding diaryl/α,β-unsaturated/α-hetero) is 1. The lowest BCUT2D eigenvalue weighted by molar-refractivity contribution is -0.117. The van der Waals surface area contributed by atoms with Crippen molar-refractivity contribution in [2.24, 2.45) is 0 Å². The molecule has 0 fully saturated rings. The van der Waals surface area contributed by atoms with E-state index in [9.17, 15) is 4.79 Å². The molecule has 1 aliphatic carbocycles. The lowest BCUT2D eigenvalue weighted by Crippen LogP contribution is -2.33. The number of ether oxygens (including phenoxy) is 1. The number of nitrogens with zero attached hydrogens (tertiary/aromatic N) is 3. The summed E-state index contributed by atoms with van der Waals surface area (Å²) in [4.78, 5) is 17.8. The Balaban J connectivity index is 1.66. The number of nitrogens with one attached hydrogen (secondary N) is 1. The summed E-state index contributed by atoms with van der Waals surface area (Å²) >= 11 is 0. The standard InChI is InChI=1S/C21H20N4O3/c1-12-22-21-23-15-10-13(17-8-5-9-28-17)11-16(26)19(15)20(25(21)24-12)14-6-3-4-7-18(14)27-2/h3-9,13,20H,10-11H2,1-2H3,(H,22,23,24). The Bertz CT molecular complexity index is 1080. The number of allylic oxidation sites excluding steroid dienone is 2. The van der Waals surface area contributed by atoms with Crippen LogP contribution in [0.4, 0.5) is 5.95 Å². The van der Waals surface area contributed by atoms with E-state index in [1.54, 1.807) is 18.1 Å². The van der Waals surface area contributed by atoms with E-state index in [2.05, 4.69) is 15.4 Å². The van der Waals surface area contributed by atoms with Crippen LogP contribution in [0.15, 0.2) is 58.3 Å². The summed E-state index contributed by atoms with van der Waals surface area (Å²) in [6.07, 6.45) is 2.74. The Morgan fingerprint density at radius 1 is 1.21 bits per heavy atom. The topological polar surface area (TPSA) is 82.2 Å². The zero-order valence-electron chi connectivity index (χ0n) is 15.7. The summed E-state index contributed by atoms with van der Waals surface area (Å²) in [5.74, 6) is 2.95. The first-order valence-corrected chi connectivity index (χ1v) is 9.28. The van der Waals surface area contributed by atoms with E-state index in [-0.39, 0.29) is 17.7 Å². The molecule has 7 nitrogen and oxygen atoms in total. The van der Waals surface area contributed by atoms with E-state index in [1.807, 2.05) is 43.3 Å². The second-order valence-electron chi connectivity index (χ2n) is 7.13. The number of benzene rings is 1. The summed E-state index contributed by atoms with van der Waals surface area (Å²) in [5, 5.41) is 7.91. The highest BCUT2D eigenvalue weighted by atomic mass is 16.5. The van der Waals surface area contributed by atoms with Gasteiger partial charge in [-0.3, -0.25) is 4.79 Å². The van der Waals surface area contributed by atoms with Gasteiger partial charge in [0.2, 0.25) is 5.95 Å². The number of carbonyl (C=O) groups is 1. The summed E-state index contributed by atoms with van der Waals surface area (Å²) in [7, 11) is 1.64. The molecular formula is C21H20N4O3. The van der Waals surface area contributed by atoms with Gasteiger partial charge >= 0.3 is 0 Å². The van der Waals surface area contributed by atoms with Crippen LogP contribution in [-0.2, 0) is 4.79 Å². The third-order valence-corrected chi connectivity index (χ3v) is 5.40. The number of fused-ring (bicyclic) bond motifs is 1. The normalized spacial score (nSPS) is 21.1. The summed E-state index contributed by atoms with van der Waals surface area (Å²) in [6, 6.07) is 11.2. The number of ketones is 1. The molecule has 2 unspecified atom stereocenters. The van der Waals surface area contributed by atoms with Crippen LogP contribution in [0.2, 0.25) is 0 Å². The molecule has 0 saturated heterocycles. The molecule has 0 amide bonds. The Morgan fingerprint density at radius 3 is 2.86 bits per heavy atom. The van der Waals surface area contributed by atoms with Crippen molar-refractivity contribution >= 4 is 11.7 Å². The largest absolute Gasteiger partial charge is 0.496 e. The molecule has 0 spiro atoms. The predicted octanol–water partition coefficient (Wildman–Crippen LogP) is 3.60. The molecule has 0 saturated carbocycles. The average Bonchev–Trinajstić information content (AvgIpc) is 3.35. The number of hydrogen-bond acceptors (Lipinski definition) is 6. The number of aromatic nitrogens is 3. The second-order valence-corrected chi connectivity index (χ2v) is 7.13. The molecule has 1 N–H and O–H groups in total. The third-order valence-electron chi connectivity index (χ3n) is 5.40. The lowest BCUT2D eigenvalue weighted by atomic mass is 9.79. The van der Waals surface area contributed by atoms with E-state index in [4.69, 9.17) is 9.15 Å². The molecule has 3 heterocycles. The highest BCUT2D eigenvalue weighted by Crippen LogP contribution is 2.45. The fourth-order valence-electron chi connectivity index (χ4n) is 4.22. The van der Waals surface area contributed by atoms with Crippen LogP contribution in [0, 0.1) is 6.92 Å². The molecule has 0 bridgehead atoms. The molecule has 0 radical (unpaired) electrons. The van der Waals surface area contributed by atoms with Crippen molar-refractivity contribution in [3.63, 3.8) is 0 Å². The Hall–Kier alpha value is -3.35. The zero-order valence-corrected chi connectivity index (χ0v) is 15.7. The molecule has 3 aromatic rings. The van der Waals surface area contributed by atoms with Gasteiger partial charge in [0, 0.05) is 29.2 Å². The van der Waals surface area contributed by atoms with Crippen LogP contribution in [0.5, 0.6) is 5.75 Å². The first kappa shape index (κ1) is 16.8. The van der Waals surface area contributed by atoms with Gasteiger partial charge in [-0.25, -0.2) is 4.68 Å². The predicted molar refractivity (Wildman–Crippen MR) is 102 cm³/mol. The van der Waals surface area contributed by atoms with Crippen molar-refractivity contribution in [1.82, 2.24) is 14.8 Å². The molecule has 2 aliphatic rings. The van der Waals surface area contributed by atoms with Crippen molar-refractivity contribution in [3.05, 3.63) is 71.1 Å². The molecule has 2 aromatic heterocycles. The van der Waals surface area contributed by atoms with E-state index in [1.165, 1.54) is 0 Å². The minimum absolute atomic E-state index is 0.0163. The van der Waals surface area contributed by atoms with Crippen molar-refractivity contribution in [1.29, 1.82) is 0 Å². The molecule has 1 aliphatic heterocycles. The maximum absolute atomic E-state index is 13.3. The van der Waals surface area contributed by atoms with Crippen molar-refractivity contribution in [2.45, 2.75) is 31.7 Å². The van der Waals surface area contributed by atoms with Gasteiger partial charge < -0.3 is 14.5 Å². The van der Waals surface area contributed by atoms with Crippen LogP contribution >= 0.6 is 0 Å². The van der Waals surface area contributed by atoms with Gasteiger partial charge in [0.05, 0.1) is 13.4 Å². The minimum Gasteiger partial charge on any atom is -0.496 e. The smallest absolute Gasteiger partial charge is 0.226 e. The van der Waals surface area contributed by atoms with Crippen LogP contribution in [0.3, 0.4) is 0 Å². The fourth-order valence-corrected chi connectivity index (χ4v) is 4.22. The van der Waals surface area contributed by atoms with Gasteiger partial charge in [-0.2, -0.15) is 10.1 Å². The van der Waals surface area contributed by atoms with Gasteiger partial charge in [-0.05, 0) is 31.5 Å². The van der Waals surface area contributed by atoms with Crippen LogP contribution in [0.1, 0.15) is 41.9 Å². The van der Waals surface area contributed by atoms with E-state index < -0.39 is 0 Å². The molecular weight excluding hydrogens is 356 g/mol. The Labute approximate surface area is 162 Å². The van der Waals surface area contributed by atoms with Crippen LogP contribution < -0.4 is 10.1 Å². The first-order valence-electron chi connectivity index (χ1n) is 9.28. The quantitative estimate of drug-likeness (QED) is 0.752. The van der Waals surface area contributed by atoms with Crippen LogP contribution in [-0.4, -0.2) is 27.7 Å².